The van der Waals surface area contributed by atoms with Gasteiger partial charge in [0.1, 0.15) is 0 Å². The Morgan fingerprint density at radius 2 is 1.82 bits per heavy atom. The lowest BCUT2D eigenvalue weighted by Gasteiger charge is -2.31. The number of carbonyl (C=O) groups excluding carboxylic acids is 1. The maximum Gasteiger partial charge on any atom is 0.246 e. The first-order valence-corrected chi connectivity index (χ1v) is 9.23. The fraction of sp³-hybridized carbons (Fsp3) is 0.842. The molecule has 0 bridgehead atoms. The number of amides is 1. The van der Waals surface area contributed by atoms with E-state index in [2.05, 4.69) is 32.0 Å². The molecule has 0 saturated carbocycles. The third kappa shape index (κ3) is 8.57. The third-order valence-corrected chi connectivity index (χ3v) is 4.65. The number of rotatable bonds is 10. The Morgan fingerprint density at radius 3 is 2.45 bits per heavy atom. The molecule has 1 aliphatic heterocycles. The van der Waals surface area contributed by atoms with Crippen LogP contribution in [0.4, 0.5) is 0 Å². The lowest BCUT2D eigenvalue weighted by atomic mass is 9.93. The molecule has 3 nitrogen and oxygen atoms in total. The monoisotopic (exact) mass is 308 g/mol. The van der Waals surface area contributed by atoms with Crippen LogP contribution < -0.4 is 0 Å². The van der Waals surface area contributed by atoms with E-state index >= 15 is 0 Å². The average molecular weight is 309 g/mol. The largest absolute Gasteiger partial charge is 0.339 e. The van der Waals surface area contributed by atoms with Crippen molar-refractivity contribution in [2.75, 3.05) is 33.7 Å². The van der Waals surface area contributed by atoms with E-state index in [1.165, 1.54) is 51.4 Å². The van der Waals surface area contributed by atoms with Gasteiger partial charge in [-0.2, -0.15) is 0 Å². The molecule has 0 radical (unpaired) electrons. The van der Waals surface area contributed by atoms with E-state index in [1.54, 1.807) is 6.08 Å². The molecule has 1 saturated heterocycles. The molecule has 1 fully saturated rings. The number of carbonyl (C=O) groups is 1. The summed E-state index contributed by atoms with van der Waals surface area (Å²) in [5.74, 6) is 1.02. The van der Waals surface area contributed by atoms with Gasteiger partial charge in [0.15, 0.2) is 0 Å². The Balaban J connectivity index is 2.11. The summed E-state index contributed by atoms with van der Waals surface area (Å²) in [6.07, 6.45) is 15.0. The molecule has 0 unspecified atom stereocenters. The van der Waals surface area contributed by atoms with Crippen LogP contribution in [0.25, 0.3) is 0 Å². The maximum absolute atomic E-state index is 12.1. The van der Waals surface area contributed by atoms with Gasteiger partial charge >= 0.3 is 0 Å². The summed E-state index contributed by atoms with van der Waals surface area (Å²) in [6.45, 7) is 5.29. The normalized spacial score (nSPS) is 16.8. The van der Waals surface area contributed by atoms with Crippen molar-refractivity contribution in [3.05, 3.63) is 12.2 Å². The van der Waals surface area contributed by atoms with Crippen LogP contribution in [0.2, 0.25) is 0 Å². The Morgan fingerprint density at radius 1 is 1.14 bits per heavy atom. The highest BCUT2D eigenvalue weighted by molar-refractivity contribution is 5.87. The predicted molar refractivity (Wildman–Crippen MR) is 95.0 cm³/mol. The van der Waals surface area contributed by atoms with E-state index in [9.17, 15) is 4.79 Å². The Kier molecular flexibility index (Phi) is 10.2. The molecule has 22 heavy (non-hydrogen) atoms. The molecule has 0 aromatic heterocycles. The van der Waals surface area contributed by atoms with Crippen LogP contribution in [0, 0.1) is 5.92 Å². The van der Waals surface area contributed by atoms with Crippen LogP contribution in [0.3, 0.4) is 0 Å². The highest BCUT2D eigenvalue weighted by Gasteiger charge is 2.21. The molecule has 1 aliphatic rings. The molecular formula is C19H36N2O. The van der Waals surface area contributed by atoms with Gasteiger partial charge in [-0.05, 0) is 64.7 Å². The van der Waals surface area contributed by atoms with E-state index < -0.39 is 0 Å². The summed E-state index contributed by atoms with van der Waals surface area (Å²) in [7, 11) is 4.26. The summed E-state index contributed by atoms with van der Waals surface area (Å²) >= 11 is 0. The summed E-state index contributed by atoms with van der Waals surface area (Å²) in [5.41, 5.74) is 0. The molecule has 1 heterocycles. The minimum Gasteiger partial charge on any atom is -0.339 e. The van der Waals surface area contributed by atoms with Gasteiger partial charge < -0.3 is 9.80 Å². The van der Waals surface area contributed by atoms with Gasteiger partial charge in [0, 0.05) is 13.1 Å². The van der Waals surface area contributed by atoms with Crippen molar-refractivity contribution in [1.82, 2.24) is 9.80 Å². The minimum absolute atomic E-state index is 0.222. The first kappa shape index (κ1) is 19.2. The van der Waals surface area contributed by atoms with Gasteiger partial charge in [-0.1, -0.05) is 38.7 Å². The molecule has 0 atom stereocenters. The predicted octanol–water partition coefficient (Wildman–Crippen LogP) is 4.09. The fourth-order valence-corrected chi connectivity index (χ4v) is 3.04. The summed E-state index contributed by atoms with van der Waals surface area (Å²) in [5, 5.41) is 0. The lowest BCUT2D eigenvalue weighted by Crippen LogP contribution is -2.38. The number of hydrogen-bond donors (Lipinski definition) is 0. The number of unbranched alkanes of at least 4 members (excludes halogenated alkanes) is 5. The number of nitrogens with zero attached hydrogens (tertiary/aromatic N) is 2. The second-order valence-electron chi connectivity index (χ2n) is 6.97. The van der Waals surface area contributed by atoms with E-state index in [0.717, 1.165) is 32.0 Å². The number of piperidine rings is 1. The Labute approximate surface area is 137 Å². The number of likely N-dealkylation sites (tertiary alicyclic amines) is 1. The van der Waals surface area contributed by atoms with Gasteiger partial charge in [0.05, 0.1) is 0 Å². The molecule has 0 spiro atoms. The molecular weight excluding hydrogens is 272 g/mol. The SMILES string of the molecule is CCCCCCC/C=C/C(=O)N1CCC(CCN(C)C)CC1. The highest BCUT2D eigenvalue weighted by Crippen LogP contribution is 2.20. The van der Waals surface area contributed by atoms with Crippen molar-refractivity contribution < 1.29 is 4.79 Å². The molecule has 1 amide bonds. The molecule has 1 rings (SSSR count). The Bertz CT molecular complexity index is 317. The highest BCUT2D eigenvalue weighted by atomic mass is 16.2. The second kappa shape index (κ2) is 11.7. The van der Waals surface area contributed by atoms with Gasteiger partial charge in [0.25, 0.3) is 0 Å². The van der Waals surface area contributed by atoms with Gasteiger partial charge in [-0.3, -0.25) is 4.79 Å². The first-order valence-electron chi connectivity index (χ1n) is 9.23. The van der Waals surface area contributed by atoms with Crippen molar-refractivity contribution in [3.8, 4) is 0 Å². The van der Waals surface area contributed by atoms with E-state index in [0.29, 0.717) is 0 Å². The number of allylic oxidation sites excluding steroid dienone is 1. The van der Waals surface area contributed by atoms with Crippen LogP contribution >= 0.6 is 0 Å². The lowest BCUT2D eigenvalue weighted by molar-refractivity contribution is -0.127. The van der Waals surface area contributed by atoms with E-state index in [-0.39, 0.29) is 5.91 Å². The third-order valence-electron chi connectivity index (χ3n) is 4.65. The zero-order valence-electron chi connectivity index (χ0n) is 15.0. The fourth-order valence-electron chi connectivity index (χ4n) is 3.04. The van der Waals surface area contributed by atoms with Gasteiger partial charge in [-0.15, -0.1) is 0 Å². The van der Waals surface area contributed by atoms with E-state index in [1.807, 2.05) is 4.90 Å². The van der Waals surface area contributed by atoms with Gasteiger partial charge in [-0.25, -0.2) is 0 Å². The molecule has 0 aromatic rings. The summed E-state index contributed by atoms with van der Waals surface area (Å²) in [6, 6.07) is 0. The quantitative estimate of drug-likeness (QED) is 0.448. The van der Waals surface area contributed by atoms with Crippen molar-refractivity contribution in [1.29, 1.82) is 0 Å². The molecule has 128 valence electrons. The Hall–Kier alpha value is -0.830. The van der Waals surface area contributed by atoms with Crippen LogP contribution in [-0.2, 0) is 4.79 Å². The van der Waals surface area contributed by atoms with E-state index in [4.69, 9.17) is 0 Å². The van der Waals surface area contributed by atoms with Crippen molar-refractivity contribution in [3.63, 3.8) is 0 Å². The van der Waals surface area contributed by atoms with Crippen LogP contribution in [0.15, 0.2) is 12.2 Å². The van der Waals surface area contributed by atoms with Crippen LogP contribution in [0.1, 0.15) is 64.7 Å². The van der Waals surface area contributed by atoms with Crippen molar-refractivity contribution in [2.45, 2.75) is 64.7 Å². The van der Waals surface area contributed by atoms with Crippen molar-refractivity contribution in [2.24, 2.45) is 5.92 Å². The van der Waals surface area contributed by atoms with Crippen LogP contribution in [0.5, 0.6) is 0 Å². The number of hydrogen-bond acceptors (Lipinski definition) is 2. The smallest absolute Gasteiger partial charge is 0.246 e. The molecule has 0 aliphatic carbocycles. The van der Waals surface area contributed by atoms with Gasteiger partial charge in [0.2, 0.25) is 5.91 Å². The molecule has 0 N–H and O–H groups in total. The maximum atomic E-state index is 12.1. The molecule has 3 heteroatoms. The minimum atomic E-state index is 0.222. The standard InChI is InChI=1S/C19H36N2O/c1-4-5-6-7-8-9-10-11-19(22)21-16-13-18(14-17-21)12-15-20(2)3/h10-11,18H,4-9,12-17H2,1-3H3/b11-10+. The molecule has 0 aromatic carbocycles. The van der Waals surface area contributed by atoms with Crippen molar-refractivity contribution >= 4 is 5.91 Å². The summed E-state index contributed by atoms with van der Waals surface area (Å²) < 4.78 is 0. The van der Waals surface area contributed by atoms with Crippen LogP contribution in [-0.4, -0.2) is 49.4 Å². The summed E-state index contributed by atoms with van der Waals surface area (Å²) in [4.78, 5) is 16.4. The second-order valence-corrected chi connectivity index (χ2v) is 6.97. The average Bonchev–Trinajstić information content (AvgIpc) is 2.52. The topological polar surface area (TPSA) is 23.6 Å². The first-order chi connectivity index (χ1) is 10.6. The zero-order chi connectivity index (χ0) is 16.2. The zero-order valence-corrected chi connectivity index (χ0v) is 15.0.